The molecular formula is C15H10O2S. The topological polar surface area (TPSA) is 30.2 Å². The van der Waals surface area contributed by atoms with Crippen molar-refractivity contribution in [3.63, 3.8) is 0 Å². The van der Waals surface area contributed by atoms with Gasteiger partial charge in [0, 0.05) is 16.3 Å². The summed E-state index contributed by atoms with van der Waals surface area (Å²) < 4.78 is 5.15. The molecule has 0 N–H and O–H groups in total. The van der Waals surface area contributed by atoms with Crippen LogP contribution >= 0.6 is 11.3 Å². The number of hydrogen-bond acceptors (Lipinski definition) is 3. The lowest BCUT2D eigenvalue weighted by molar-refractivity contribution is 0.560. The van der Waals surface area contributed by atoms with Gasteiger partial charge in [0.2, 0.25) is 0 Å². The van der Waals surface area contributed by atoms with Crippen molar-refractivity contribution >= 4 is 34.5 Å². The van der Waals surface area contributed by atoms with E-state index in [0.717, 1.165) is 15.8 Å². The average Bonchev–Trinajstić information content (AvgIpc) is 2.89. The van der Waals surface area contributed by atoms with Crippen molar-refractivity contribution in [3.8, 4) is 0 Å². The average molecular weight is 254 g/mol. The van der Waals surface area contributed by atoms with Gasteiger partial charge in [0.05, 0.1) is 0 Å². The molecule has 3 heteroatoms. The maximum atomic E-state index is 11.5. The second kappa shape index (κ2) is 4.63. The predicted molar refractivity (Wildman–Crippen MR) is 75.7 cm³/mol. The summed E-state index contributed by atoms with van der Waals surface area (Å²) in [4.78, 5) is 12.6. The van der Waals surface area contributed by atoms with Gasteiger partial charge in [-0.25, -0.2) is 4.79 Å². The Morgan fingerprint density at radius 2 is 1.94 bits per heavy atom. The van der Waals surface area contributed by atoms with Crippen molar-refractivity contribution in [1.82, 2.24) is 0 Å². The molecule has 2 nitrogen and oxygen atoms in total. The highest BCUT2D eigenvalue weighted by molar-refractivity contribution is 7.10. The Labute approximate surface area is 108 Å². The Morgan fingerprint density at radius 1 is 1.06 bits per heavy atom. The summed E-state index contributed by atoms with van der Waals surface area (Å²) >= 11 is 1.66. The van der Waals surface area contributed by atoms with E-state index < -0.39 is 0 Å². The zero-order chi connectivity index (χ0) is 12.4. The number of rotatable bonds is 2. The maximum absolute atomic E-state index is 11.5. The van der Waals surface area contributed by atoms with Gasteiger partial charge >= 0.3 is 5.63 Å². The SMILES string of the molecule is O=c1cc(/C=C/c2cccs2)c2ccccc2o1. The second-order valence-corrected chi connectivity index (χ2v) is 4.84. The van der Waals surface area contributed by atoms with Crippen LogP contribution in [0.25, 0.3) is 23.1 Å². The van der Waals surface area contributed by atoms with Crippen LogP contribution in [0.2, 0.25) is 0 Å². The van der Waals surface area contributed by atoms with E-state index in [1.54, 1.807) is 17.4 Å². The van der Waals surface area contributed by atoms with E-state index in [1.165, 1.54) is 6.07 Å². The van der Waals surface area contributed by atoms with Crippen LogP contribution in [0.4, 0.5) is 0 Å². The lowest BCUT2D eigenvalue weighted by Gasteiger charge is -1.99. The van der Waals surface area contributed by atoms with E-state index in [4.69, 9.17) is 4.42 Å². The first kappa shape index (κ1) is 11.0. The molecular weight excluding hydrogens is 244 g/mol. The third-order valence-electron chi connectivity index (χ3n) is 2.65. The molecule has 0 saturated carbocycles. The standard InChI is InChI=1S/C15H10O2S/c16-15-10-11(7-8-12-4-3-9-18-12)13-5-1-2-6-14(13)17-15/h1-10H/b8-7+. The quantitative estimate of drug-likeness (QED) is 0.646. The first-order valence-corrected chi connectivity index (χ1v) is 6.45. The normalized spacial score (nSPS) is 11.3. The van der Waals surface area contributed by atoms with Crippen LogP contribution in [-0.4, -0.2) is 0 Å². The summed E-state index contributed by atoms with van der Waals surface area (Å²) in [5.41, 5.74) is 1.19. The van der Waals surface area contributed by atoms with Crippen molar-refractivity contribution < 1.29 is 4.42 Å². The van der Waals surface area contributed by atoms with E-state index >= 15 is 0 Å². The highest BCUT2D eigenvalue weighted by atomic mass is 32.1. The highest BCUT2D eigenvalue weighted by Crippen LogP contribution is 2.19. The van der Waals surface area contributed by atoms with Crippen LogP contribution in [-0.2, 0) is 0 Å². The molecule has 3 aromatic rings. The Hall–Kier alpha value is -2.13. The monoisotopic (exact) mass is 254 g/mol. The molecule has 0 amide bonds. The van der Waals surface area contributed by atoms with Gasteiger partial charge in [0.25, 0.3) is 0 Å². The van der Waals surface area contributed by atoms with Gasteiger partial charge in [-0.2, -0.15) is 0 Å². The third kappa shape index (κ3) is 2.13. The molecule has 1 aromatic carbocycles. The van der Waals surface area contributed by atoms with Crippen molar-refractivity contribution in [2.24, 2.45) is 0 Å². The summed E-state index contributed by atoms with van der Waals surface area (Å²) in [5.74, 6) is 0. The van der Waals surface area contributed by atoms with Gasteiger partial charge in [0.15, 0.2) is 0 Å². The Kier molecular flexibility index (Phi) is 2.82. The molecule has 0 saturated heterocycles. The molecule has 0 bridgehead atoms. The van der Waals surface area contributed by atoms with Crippen LogP contribution < -0.4 is 5.63 Å². The molecule has 88 valence electrons. The summed E-state index contributed by atoms with van der Waals surface area (Å²) in [7, 11) is 0. The van der Waals surface area contributed by atoms with Crippen LogP contribution in [0.5, 0.6) is 0 Å². The van der Waals surface area contributed by atoms with Crippen LogP contribution in [0.1, 0.15) is 10.4 Å². The van der Waals surface area contributed by atoms with Gasteiger partial charge < -0.3 is 4.42 Å². The summed E-state index contributed by atoms with van der Waals surface area (Å²) in [6.45, 7) is 0. The number of hydrogen-bond donors (Lipinski definition) is 0. The zero-order valence-corrected chi connectivity index (χ0v) is 10.3. The number of benzene rings is 1. The minimum atomic E-state index is -0.320. The summed E-state index contributed by atoms with van der Waals surface area (Å²) in [5, 5.41) is 2.97. The van der Waals surface area contributed by atoms with Crippen molar-refractivity contribution in [1.29, 1.82) is 0 Å². The second-order valence-electron chi connectivity index (χ2n) is 3.87. The lowest BCUT2D eigenvalue weighted by Crippen LogP contribution is -1.97. The van der Waals surface area contributed by atoms with Gasteiger partial charge in [-0.1, -0.05) is 30.3 Å². The minimum absolute atomic E-state index is 0.320. The predicted octanol–water partition coefficient (Wildman–Crippen LogP) is 4.02. The molecule has 0 unspecified atom stereocenters. The molecule has 0 aliphatic heterocycles. The van der Waals surface area contributed by atoms with Gasteiger partial charge in [-0.3, -0.25) is 0 Å². The number of thiophene rings is 1. The lowest BCUT2D eigenvalue weighted by atomic mass is 10.1. The smallest absolute Gasteiger partial charge is 0.336 e. The fraction of sp³-hybridized carbons (Fsp3) is 0. The van der Waals surface area contributed by atoms with Crippen molar-refractivity contribution in [2.45, 2.75) is 0 Å². The van der Waals surface area contributed by atoms with Gasteiger partial charge in [-0.15, -0.1) is 11.3 Å². The fourth-order valence-corrected chi connectivity index (χ4v) is 2.45. The first-order chi connectivity index (χ1) is 8.83. The maximum Gasteiger partial charge on any atom is 0.336 e. The van der Waals surface area contributed by atoms with E-state index in [9.17, 15) is 4.79 Å². The third-order valence-corrected chi connectivity index (χ3v) is 3.49. The molecule has 2 aromatic heterocycles. The van der Waals surface area contributed by atoms with Crippen molar-refractivity contribution in [2.75, 3.05) is 0 Å². The minimum Gasteiger partial charge on any atom is -0.423 e. The summed E-state index contributed by atoms with van der Waals surface area (Å²) in [6.07, 6.45) is 3.96. The van der Waals surface area contributed by atoms with Gasteiger partial charge in [-0.05, 0) is 29.2 Å². The van der Waals surface area contributed by atoms with Crippen molar-refractivity contribution in [3.05, 3.63) is 68.7 Å². The molecule has 0 radical (unpaired) electrons. The highest BCUT2D eigenvalue weighted by Gasteiger charge is 2.01. The largest absolute Gasteiger partial charge is 0.423 e. The number of para-hydroxylation sites is 1. The van der Waals surface area contributed by atoms with E-state index in [1.807, 2.05) is 47.9 Å². The van der Waals surface area contributed by atoms with Crippen LogP contribution in [0, 0.1) is 0 Å². The molecule has 0 atom stereocenters. The van der Waals surface area contributed by atoms with E-state index in [0.29, 0.717) is 5.58 Å². The molecule has 0 spiro atoms. The van der Waals surface area contributed by atoms with E-state index in [-0.39, 0.29) is 5.63 Å². The molecule has 0 fully saturated rings. The Balaban J connectivity index is 2.14. The van der Waals surface area contributed by atoms with Crippen LogP contribution in [0.15, 0.2) is 57.1 Å². The molecule has 2 heterocycles. The Bertz CT molecular complexity index is 752. The molecule has 0 aliphatic rings. The number of fused-ring (bicyclic) bond motifs is 1. The molecule has 18 heavy (non-hydrogen) atoms. The first-order valence-electron chi connectivity index (χ1n) is 5.57. The summed E-state index contributed by atoms with van der Waals surface area (Å²) in [6, 6.07) is 13.1. The fourth-order valence-electron chi connectivity index (χ4n) is 1.83. The van der Waals surface area contributed by atoms with E-state index in [2.05, 4.69) is 0 Å². The Morgan fingerprint density at radius 3 is 2.78 bits per heavy atom. The van der Waals surface area contributed by atoms with Gasteiger partial charge in [0.1, 0.15) is 5.58 Å². The molecule has 0 aliphatic carbocycles. The van der Waals surface area contributed by atoms with Crippen LogP contribution in [0.3, 0.4) is 0 Å². The zero-order valence-electron chi connectivity index (χ0n) is 9.50. The molecule has 3 rings (SSSR count).